The number of aliphatic hydroxyl groups is 4. The van der Waals surface area contributed by atoms with E-state index < -0.39 is 67.1 Å². The number of carbonyl (C=O) groups is 1. The molecule has 0 aromatic heterocycles. The highest BCUT2D eigenvalue weighted by Crippen LogP contribution is 2.57. The van der Waals surface area contributed by atoms with Gasteiger partial charge >= 0.3 is 5.97 Å². The standard InChI is InChI=1S/C27H30O13/c1-34-16-3-10(4-17(35-2)21(16)29)19-11-5-14-15(38-9-37-14)6-12(11)25(13-8-36-26(33)20(13)19)40-27-24(32)23(31)22(30)18(7-28)39-27/h3-6,13,18-20,22-25,27-32H,7-9H2,1-2H3/t13-,18?,19+,20-,22+,23?,24?,25+,27-/m0/s1. The van der Waals surface area contributed by atoms with Crippen LogP contribution in [-0.4, -0.2) is 96.4 Å². The summed E-state index contributed by atoms with van der Waals surface area (Å²) >= 11 is 0. The highest BCUT2D eigenvalue weighted by Gasteiger charge is 2.55. The molecule has 40 heavy (non-hydrogen) atoms. The summed E-state index contributed by atoms with van der Waals surface area (Å²) in [7, 11) is 2.81. The number of methoxy groups -OCH3 is 2. The van der Waals surface area contributed by atoms with Gasteiger partial charge in [0.2, 0.25) is 12.5 Å². The summed E-state index contributed by atoms with van der Waals surface area (Å²) in [6.45, 7) is -0.635. The lowest BCUT2D eigenvalue weighted by Gasteiger charge is -2.44. The molecular formula is C27H30O13. The second kappa shape index (κ2) is 10.3. The molecule has 3 aliphatic heterocycles. The van der Waals surface area contributed by atoms with Crippen molar-refractivity contribution in [1.82, 2.24) is 0 Å². The second-order valence-electron chi connectivity index (χ2n) is 10.2. The largest absolute Gasteiger partial charge is 0.502 e. The van der Waals surface area contributed by atoms with E-state index in [1.807, 2.05) is 0 Å². The van der Waals surface area contributed by atoms with Gasteiger partial charge in [-0.15, -0.1) is 0 Å². The van der Waals surface area contributed by atoms with Gasteiger partial charge in [0.15, 0.2) is 29.3 Å². The number of aromatic hydroxyl groups is 1. The molecule has 4 aliphatic rings. The van der Waals surface area contributed by atoms with Crippen molar-refractivity contribution in [3.8, 4) is 28.7 Å². The summed E-state index contributed by atoms with van der Waals surface area (Å²) in [6, 6.07) is 6.73. The SMILES string of the molecule is COc1cc([C@@H]2c3cc4c(cc3[C@@H](O[C@@H]3OC(CO)[C@@H](O)C(O)C3O)[C@H]3COC(=O)[C@H]23)OCO4)cc(OC)c1O. The van der Waals surface area contributed by atoms with E-state index >= 15 is 0 Å². The molecule has 2 aromatic rings. The second-order valence-corrected chi connectivity index (χ2v) is 10.2. The maximum Gasteiger partial charge on any atom is 0.310 e. The van der Waals surface area contributed by atoms with Gasteiger partial charge in [-0.1, -0.05) is 0 Å². The Labute approximate surface area is 228 Å². The Morgan fingerprint density at radius 1 is 0.900 bits per heavy atom. The molecule has 1 aliphatic carbocycles. The molecule has 0 amide bonds. The predicted octanol–water partition coefficient (Wildman–Crippen LogP) is -0.0696. The lowest BCUT2D eigenvalue weighted by atomic mass is 9.66. The molecule has 13 heteroatoms. The highest BCUT2D eigenvalue weighted by molar-refractivity contribution is 5.79. The predicted molar refractivity (Wildman–Crippen MR) is 131 cm³/mol. The van der Waals surface area contributed by atoms with E-state index in [4.69, 9.17) is 33.2 Å². The number of esters is 1. The Morgan fingerprint density at radius 2 is 1.55 bits per heavy atom. The summed E-state index contributed by atoms with van der Waals surface area (Å²) in [6.07, 6.45) is -8.35. The third-order valence-corrected chi connectivity index (χ3v) is 8.11. The van der Waals surface area contributed by atoms with E-state index in [-0.39, 0.29) is 30.6 Å². The quantitative estimate of drug-likeness (QED) is 0.295. The van der Waals surface area contributed by atoms with Crippen LogP contribution < -0.4 is 18.9 Å². The molecule has 6 rings (SSSR count). The van der Waals surface area contributed by atoms with Crippen LogP contribution in [0.25, 0.3) is 0 Å². The van der Waals surface area contributed by atoms with Crippen LogP contribution in [0.15, 0.2) is 24.3 Å². The van der Waals surface area contributed by atoms with Crippen LogP contribution in [0.3, 0.4) is 0 Å². The Hall–Kier alpha value is -3.33. The zero-order valence-corrected chi connectivity index (χ0v) is 21.6. The minimum absolute atomic E-state index is 0.00309. The number of cyclic esters (lactones) is 1. The van der Waals surface area contributed by atoms with Crippen molar-refractivity contribution >= 4 is 5.97 Å². The zero-order chi connectivity index (χ0) is 28.3. The van der Waals surface area contributed by atoms with Gasteiger partial charge in [-0.2, -0.15) is 0 Å². The van der Waals surface area contributed by atoms with Gasteiger partial charge in [-0.05, 0) is 41.0 Å². The molecule has 0 radical (unpaired) electrons. The monoisotopic (exact) mass is 562 g/mol. The number of aliphatic hydroxyl groups excluding tert-OH is 4. The molecule has 13 nitrogen and oxygen atoms in total. The molecule has 5 N–H and O–H groups in total. The maximum atomic E-state index is 13.3. The summed E-state index contributed by atoms with van der Waals surface area (Å²) < 4.78 is 39.4. The van der Waals surface area contributed by atoms with Crippen LogP contribution in [0.2, 0.25) is 0 Å². The fraction of sp³-hybridized carbons (Fsp3) is 0.519. The molecule has 0 spiro atoms. The third-order valence-electron chi connectivity index (χ3n) is 8.11. The van der Waals surface area contributed by atoms with Crippen LogP contribution in [0.5, 0.6) is 28.7 Å². The minimum Gasteiger partial charge on any atom is -0.502 e. The minimum atomic E-state index is -1.64. The van der Waals surface area contributed by atoms with Crippen molar-refractivity contribution in [3.05, 3.63) is 41.0 Å². The number of rotatable bonds is 6. The zero-order valence-electron chi connectivity index (χ0n) is 21.6. The number of carbonyl (C=O) groups excluding carboxylic acids is 1. The van der Waals surface area contributed by atoms with Crippen molar-refractivity contribution < 1.29 is 63.5 Å². The van der Waals surface area contributed by atoms with Crippen molar-refractivity contribution in [2.75, 3.05) is 34.2 Å². The topological polar surface area (TPSA) is 183 Å². The molecule has 2 fully saturated rings. The molecule has 216 valence electrons. The third kappa shape index (κ3) is 4.12. The first-order chi connectivity index (χ1) is 19.3. The van der Waals surface area contributed by atoms with Crippen molar-refractivity contribution in [2.45, 2.75) is 42.7 Å². The van der Waals surface area contributed by atoms with Crippen LogP contribution in [0, 0.1) is 11.8 Å². The van der Waals surface area contributed by atoms with Crippen molar-refractivity contribution in [2.24, 2.45) is 11.8 Å². The molecular weight excluding hydrogens is 532 g/mol. The van der Waals surface area contributed by atoms with Gasteiger partial charge in [-0.25, -0.2) is 0 Å². The summed E-state index contributed by atoms with van der Waals surface area (Å²) in [5.41, 5.74) is 1.83. The maximum absolute atomic E-state index is 13.3. The van der Waals surface area contributed by atoms with Crippen LogP contribution in [-0.2, 0) is 19.0 Å². The molecule has 2 aromatic carbocycles. The van der Waals surface area contributed by atoms with E-state index in [0.717, 1.165) is 0 Å². The fourth-order valence-electron chi connectivity index (χ4n) is 6.10. The summed E-state index contributed by atoms with van der Waals surface area (Å²) in [5.74, 6) is -1.43. The average molecular weight is 563 g/mol. The number of benzene rings is 2. The lowest BCUT2D eigenvalue weighted by molar-refractivity contribution is -0.317. The first-order valence-electron chi connectivity index (χ1n) is 12.8. The first kappa shape index (κ1) is 26.9. The molecule has 9 atom stereocenters. The Kier molecular flexibility index (Phi) is 6.89. The number of fused-ring (bicyclic) bond motifs is 3. The first-order valence-corrected chi connectivity index (χ1v) is 12.8. The lowest BCUT2D eigenvalue weighted by Crippen LogP contribution is -2.59. The van der Waals surface area contributed by atoms with Gasteiger partial charge in [0, 0.05) is 11.8 Å². The highest BCUT2D eigenvalue weighted by atomic mass is 16.7. The Morgan fingerprint density at radius 3 is 2.17 bits per heavy atom. The van der Waals surface area contributed by atoms with E-state index in [1.54, 1.807) is 24.3 Å². The smallest absolute Gasteiger partial charge is 0.310 e. The average Bonchev–Trinajstić information content (AvgIpc) is 3.58. The van der Waals surface area contributed by atoms with Crippen LogP contribution in [0.1, 0.15) is 28.7 Å². The van der Waals surface area contributed by atoms with Gasteiger partial charge in [0.05, 0.1) is 39.5 Å². The number of hydrogen-bond acceptors (Lipinski definition) is 13. The van der Waals surface area contributed by atoms with E-state index in [2.05, 4.69) is 0 Å². The Balaban J connectivity index is 1.48. The number of ether oxygens (including phenoxy) is 7. The van der Waals surface area contributed by atoms with E-state index in [0.29, 0.717) is 28.2 Å². The molecule has 3 heterocycles. The van der Waals surface area contributed by atoms with Gasteiger partial charge in [-0.3, -0.25) is 4.79 Å². The van der Waals surface area contributed by atoms with Crippen molar-refractivity contribution in [3.63, 3.8) is 0 Å². The summed E-state index contributed by atoms with van der Waals surface area (Å²) in [5, 5.41) is 51.4. The fourth-order valence-corrected chi connectivity index (χ4v) is 6.10. The Bertz CT molecular complexity index is 1270. The van der Waals surface area contributed by atoms with Gasteiger partial charge in [0.25, 0.3) is 0 Å². The number of hydrogen-bond donors (Lipinski definition) is 5. The van der Waals surface area contributed by atoms with Crippen LogP contribution >= 0.6 is 0 Å². The number of phenols is 1. The van der Waals surface area contributed by atoms with E-state index in [9.17, 15) is 30.3 Å². The normalized spacial score (nSPS) is 34.1. The van der Waals surface area contributed by atoms with E-state index in [1.165, 1.54) is 14.2 Å². The molecule has 0 bridgehead atoms. The molecule has 0 saturated carbocycles. The van der Waals surface area contributed by atoms with Gasteiger partial charge < -0.3 is 58.7 Å². The van der Waals surface area contributed by atoms with Gasteiger partial charge in [0.1, 0.15) is 24.4 Å². The van der Waals surface area contributed by atoms with Crippen molar-refractivity contribution in [1.29, 1.82) is 0 Å². The molecule has 3 unspecified atom stereocenters. The number of phenolic OH excluding ortho intramolecular Hbond substituents is 1. The molecule has 2 saturated heterocycles. The summed E-state index contributed by atoms with van der Waals surface area (Å²) in [4.78, 5) is 13.3. The van der Waals surface area contributed by atoms with Crippen LogP contribution in [0.4, 0.5) is 0 Å².